The average Bonchev–Trinajstić information content (AvgIpc) is 3.11. The Kier molecular flexibility index (Phi) is 5.02. The Morgan fingerprint density at radius 3 is 2.50 bits per heavy atom. The largest absolute Gasteiger partial charge is 0.378 e. The second-order valence-electron chi connectivity index (χ2n) is 5.03. The first-order valence-corrected chi connectivity index (χ1v) is 8.16. The number of amides is 2. The summed E-state index contributed by atoms with van der Waals surface area (Å²) in [5.74, 6) is -1.48. The van der Waals surface area contributed by atoms with Crippen molar-refractivity contribution in [2.45, 2.75) is 0 Å². The Morgan fingerprint density at radius 1 is 1.12 bits per heavy atom. The van der Waals surface area contributed by atoms with Gasteiger partial charge in [0.15, 0.2) is 5.13 Å². The van der Waals surface area contributed by atoms with Crippen LogP contribution in [0.15, 0.2) is 29.6 Å². The van der Waals surface area contributed by atoms with E-state index in [0.29, 0.717) is 13.2 Å². The summed E-state index contributed by atoms with van der Waals surface area (Å²) in [4.78, 5) is 30.2. The summed E-state index contributed by atoms with van der Waals surface area (Å²) in [5.41, 5.74) is 5.04. The van der Waals surface area contributed by atoms with Gasteiger partial charge in [-0.15, -0.1) is 11.3 Å². The number of halogens is 1. The highest BCUT2D eigenvalue weighted by molar-refractivity contribution is 7.13. The monoisotopic (exact) mass is 350 g/mol. The van der Waals surface area contributed by atoms with Crippen molar-refractivity contribution in [3.8, 4) is 0 Å². The minimum atomic E-state index is -0.535. The average molecular weight is 350 g/mol. The molecule has 3 rings (SSSR count). The summed E-state index contributed by atoms with van der Waals surface area (Å²) in [6.07, 6.45) is 0. The highest BCUT2D eigenvalue weighted by Gasteiger charge is 2.18. The molecule has 2 N–H and O–H groups in total. The number of hydrazine groups is 1. The number of anilines is 1. The standard InChI is InChI=1S/C15H15FN4O3S/c16-11-3-1-10(2-4-11)13(21)18-19-14(22)12-9-24-15(17-12)20-5-7-23-8-6-20/h1-4,9H,5-8H2,(H,18,21)(H,19,22). The number of carbonyl (C=O) groups excluding carboxylic acids is 2. The molecule has 0 radical (unpaired) electrons. The fourth-order valence-electron chi connectivity index (χ4n) is 2.12. The van der Waals surface area contributed by atoms with Crippen LogP contribution in [0.4, 0.5) is 9.52 Å². The highest BCUT2D eigenvalue weighted by atomic mass is 32.1. The number of thiazole rings is 1. The Labute approximate surface area is 141 Å². The van der Waals surface area contributed by atoms with Gasteiger partial charge < -0.3 is 9.64 Å². The number of hydrogen-bond donors (Lipinski definition) is 2. The number of aromatic nitrogens is 1. The first-order valence-electron chi connectivity index (χ1n) is 7.28. The van der Waals surface area contributed by atoms with Gasteiger partial charge in [-0.3, -0.25) is 20.4 Å². The molecule has 2 aromatic rings. The van der Waals surface area contributed by atoms with Crippen LogP contribution in [-0.4, -0.2) is 43.1 Å². The van der Waals surface area contributed by atoms with E-state index in [-0.39, 0.29) is 11.3 Å². The molecule has 1 aliphatic rings. The van der Waals surface area contributed by atoms with E-state index >= 15 is 0 Å². The lowest BCUT2D eigenvalue weighted by Gasteiger charge is -2.25. The zero-order valence-corrected chi connectivity index (χ0v) is 13.4. The van der Waals surface area contributed by atoms with Crippen molar-refractivity contribution in [1.82, 2.24) is 15.8 Å². The molecule has 2 amide bonds. The zero-order valence-electron chi connectivity index (χ0n) is 12.6. The fourth-order valence-corrected chi connectivity index (χ4v) is 2.98. The van der Waals surface area contributed by atoms with E-state index < -0.39 is 17.6 Å². The molecule has 7 nitrogen and oxygen atoms in total. The molecule has 0 aliphatic carbocycles. The summed E-state index contributed by atoms with van der Waals surface area (Å²) in [6.45, 7) is 2.73. The predicted octanol–water partition coefficient (Wildman–Crippen LogP) is 1.19. The maximum atomic E-state index is 12.8. The Morgan fingerprint density at radius 2 is 1.79 bits per heavy atom. The molecule has 126 valence electrons. The van der Waals surface area contributed by atoms with Gasteiger partial charge in [0.05, 0.1) is 13.2 Å². The molecular formula is C15H15FN4O3S. The summed E-state index contributed by atoms with van der Waals surface area (Å²) in [5, 5.41) is 2.37. The van der Waals surface area contributed by atoms with Gasteiger partial charge in [0.1, 0.15) is 11.5 Å². The molecule has 0 unspecified atom stereocenters. The molecule has 0 spiro atoms. The van der Waals surface area contributed by atoms with Crippen LogP contribution < -0.4 is 15.8 Å². The van der Waals surface area contributed by atoms with Crippen molar-refractivity contribution in [3.63, 3.8) is 0 Å². The van der Waals surface area contributed by atoms with Gasteiger partial charge in [-0.05, 0) is 24.3 Å². The number of carbonyl (C=O) groups is 2. The fraction of sp³-hybridized carbons (Fsp3) is 0.267. The van der Waals surface area contributed by atoms with E-state index in [9.17, 15) is 14.0 Å². The van der Waals surface area contributed by atoms with Gasteiger partial charge in [-0.2, -0.15) is 0 Å². The first kappa shape index (κ1) is 16.3. The number of benzene rings is 1. The van der Waals surface area contributed by atoms with Gasteiger partial charge in [0.25, 0.3) is 11.8 Å². The van der Waals surface area contributed by atoms with Gasteiger partial charge in [0, 0.05) is 24.0 Å². The van der Waals surface area contributed by atoms with E-state index in [1.165, 1.54) is 35.6 Å². The number of hydrogen-bond acceptors (Lipinski definition) is 6. The smallest absolute Gasteiger partial charge is 0.289 e. The molecule has 24 heavy (non-hydrogen) atoms. The van der Waals surface area contributed by atoms with Gasteiger partial charge >= 0.3 is 0 Å². The summed E-state index contributed by atoms with van der Waals surface area (Å²) in [6, 6.07) is 5.00. The molecule has 2 heterocycles. The Balaban J connectivity index is 1.56. The van der Waals surface area contributed by atoms with Gasteiger partial charge in [0.2, 0.25) is 0 Å². The van der Waals surface area contributed by atoms with Crippen LogP contribution in [0.2, 0.25) is 0 Å². The van der Waals surface area contributed by atoms with Crippen LogP contribution in [0.1, 0.15) is 20.8 Å². The second-order valence-corrected chi connectivity index (χ2v) is 5.87. The minimum Gasteiger partial charge on any atom is -0.378 e. The third-order valence-electron chi connectivity index (χ3n) is 3.40. The molecule has 1 aromatic heterocycles. The molecule has 1 aromatic carbocycles. The van der Waals surface area contributed by atoms with Crippen molar-refractivity contribution >= 4 is 28.3 Å². The number of ether oxygens (including phenoxy) is 1. The normalized spacial score (nSPS) is 14.3. The van der Waals surface area contributed by atoms with Gasteiger partial charge in [-0.25, -0.2) is 9.37 Å². The van der Waals surface area contributed by atoms with E-state index in [1.807, 2.05) is 4.90 Å². The van der Waals surface area contributed by atoms with E-state index in [2.05, 4.69) is 15.8 Å². The molecule has 9 heteroatoms. The summed E-state index contributed by atoms with van der Waals surface area (Å²) < 4.78 is 18.1. The van der Waals surface area contributed by atoms with Crippen molar-refractivity contribution in [2.24, 2.45) is 0 Å². The van der Waals surface area contributed by atoms with E-state index in [1.54, 1.807) is 5.38 Å². The lowest BCUT2D eigenvalue weighted by atomic mass is 10.2. The van der Waals surface area contributed by atoms with Crippen LogP contribution >= 0.6 is 11.3 Å². The van der Waals surface area contributed by atoms with Crippen LogP contribution in [0.3, 0.4) is 0 Å². The molecule has 1 saturated heterocycles. The van der Waals surface area contributed by atoms with E-state index in [4.69, 9.17) is 4.74 Å². The van der Waals surface area contributed by atoms with Crippen molar-refractivity contribution in [3.05, 3.63) is 46.7 Å². The minimum absolute atomic E-state index is 0.223. The quantitative estimate of drug-likeness (QED) is 0.813. The molecule has 1 fully saturated rings. The number of morpholine rings is 1. The van der Waals surface area contributed by atoms with Crippen LogP contribution in [-0.2, 0) is 4.74 Å². The number of rotatable bonds is 3. The van der Waals surface area contributed by atoms with E-state index in [0.717, 1.165) is 18.2 Å². The first-order chi connectivity index (χ1) is 11.6. The molecule has 0 bridgehead atoms. The zero-order chi connectivity index (χ0) is 16.9. The SMILES string of the molecule is O=C(NNC(=O)c1csc(N2CCOCC2)n1)c1ccc(F)cc1. The van der Waals surface area contributed by atoms with Crippen LogP contribution in [0.5, 0.6) is 0 Å². The number of nitrogens with zero attached hydrogens (tertiary/aromatic N) is 2. The highest BCUT2D eigenvalue weighted by Crippen LogP contribution is 2.21. The third-order valence-corrected chi connectivity index (χ3v) is 4.30. The molecular weight excluding hydrogens is 335 g/mol. The maximum Gasteiger partial charge on any atom is 0.289 e. The lowest BCUT2D eigenvalue weighted by molar-refractivity contribution is 0.0844. The summed E-state index contributed by atoms with van der Waals surface area (Å²) >= 11 is 1.36. The molecule has 0 saturated carbocycles. The molecule has 0 atom stereocenters. The lowest BCUT2D eigenvalue weighted by Crippen LogP contribution is -2.41. The van der Waals surface area contributed by atoms with Crippen LogP contribution in [0, 0.1) is 5.82 Å². The summed E-state index contributed by atoms with van der Waals surface area (Å²) in [7, 11) is 0. The third kappa shape index (κ3) is 3.87. The second kappa shape index (κ2) is 7.37. The maximum absolute atomic E-state index is 12.8. The Bertz CT molecular complexity index is 729. The predicted molar refractivity (Wildman–Crippen MR) is 86.5 cm³/mol. The topological polar surface area (TPSA) is 83.6 Å². The number of nitrogens with one attached hydrogen (secondary N) is 2. The van der Waals surface area contributed by atoms with Crippen molar-refractivity contribution < 1.29 is 18.7 Å². The molecule has 1 aliphatic heterocycles. The van der Waals surface area contributed by atoms with Crippen molar-refractivity contribution in [1.29, 1.82) is 0 Å². The Hall–Kier alpha value is -2.52. The van der Waals surface area contributed by atoms with Crippen LogP contribution in [0.25, 0.3) is 0 Å². The van der Waals surface area contributed by atoms with Gasteiger partial charge in [-0.1, -0.05) is 0 Å². The van der Waals surface area contributed by atoms with Crippen molar-refractivity contribution in [2.75, 3.05) is 31.2 Å².